The molecule has 4 atom stereocenters. The van der Waals surface area contributed by atoms with E-state index < -0.39 is 0 Å². The molecule has 0 heterocycles. The third kappa shape index (κ3) is 2.86. The highest BCUT2D eigenvalue weighted by molar-refractivity contribution is 5.30. The number of rotatable bonds is 4. The highest BCUT2D eigenvalue weighted by atomic mass is 14.6. The molecule has 1 nitrogen and oxygen atoms in total. The van der Waals surface area contributed by atoms with Gasteiger partial charge in [0.1, 0.15) is 0 Å². The summed E-state index contributed by atoms with van der Waals surface area (Å²) >= 11 is 0. The fraction of sp³-hybridized carbons (Fsp3) is 0.667. The molecule has 2 bridgehead atoms. The fourth-order valence-corrected chi connectivity index (χ4v) is 4.37. The van der Waals surface area contributed by atoms with Crippen molar-refractivity contribution in [3.05, 3.63) is 34.9 Å². The molecule has 4 unspecified atom stereocenters. The fourth-order valence-electron chi connectivity index (χ4n) is 4.37. The second-order valence-corrected chi connectivity index (χ2v) is 7.05. The predicted octanol–water partition coefficient (Wildman–Crippen LogP) is 4.00. The molecular weight excluding hydrogens is 230 g/mol. The van der Waals surface area contributed by atoms with Gasteiger partial charge in [0.15, 0.2) is 0 Å². The van der Waals surface area contributed by atoms with Crippen molar-refractivity contribution in [2.75, 3.05) is 0 Å². The van der Waals surface area contributed by atoms with Gasteiger partial charge >= 0.3 is 0 Å². The van der Waals surface area contributed by atoms with E-state index in [1.54, 1.807) is 0 Å². The minimum atomic E-state index is 0.353. The van der Waals surface area contributed by atoms with Gasteiger partial charge in [-0.2, -0.15) is 0 Å². The molecule has 0 spiro atoms. The van der Waals surface area contributed by atoms with Crippen LogP contribution < -0.4 is 5.73 Å². The van der Waals surface area contributed by atoms with Gasteiger partial charge in [0.2, 0.25) is 0 Å². The van der Waals surface area contributed by atoms with Crippen molar-refractivity contribution >= 4 is 0 Å². The topological polar surface area (TPSA) is 26.0 Å². The molecule has 2 aliphatic rings. The van der Waals surface area contributed by atoms with Gasteiger partial charge in [0, 0.05) is 6.04 Å². The standard InChI is InChI=1S/C18H27N/c1-12-3-4-14(7-13(12)2)10-18(19)11-17-9-15-5-6-16(17)8-15/h3-4,7,15-18H,5-6,8-11,19H2,1-2H3. The Hall–Kier alpha value is -0.820. The van der Waals surface area contributed by atoms with Crippen molar-refractivity contribution in [1.29, 1.82) is 0 Å². The lowest BCUT2D eigenvalue weighted by atomic mass is 9.83. The van der Waals surface area contributed by atoms with Gasteiger partial charge in [-0.3, -0.25) is 0 Å². The van der Waals surface area contributed by atoms with Crippen molar-refractivity contribution in [1.82, 2.24) is 0 Å². The molecule has 2 aliphatic carbocycles. The Labute approximate surface area is 117 Å². The number of aryl methyl sites for hydroxylation is 2. The zero-order valence-corrected chi connectivity index (χ0v) is 12.4. The lowest BCUT2D eigenvalue weighted by Crippen LogP contribution is -2.28. The van der Waals surface area contributed by atoms with E-state index in [1.165, 1.54) is 48.8 Å². The van der Waals surface area contributed by atoms with E-state index in [9.17, 15) is 0 Å². The third-order valence-electron chi connectivity index (χ3n) is 5.56. The lowest BCUT2D eigenvalue weighted by Gasteiger charge is -2.24. The van der Waals surface area contributed by atoms with Crippen molar-refractivity contribution in [2.45, 2.75) is 58.4 Å². The van der Waals surface area contributed by atoms with Gasteiger partial charge in [-0.05, 0) is 80.4 Å². The van der Waals surface area contributed by atoms with Gasteiger partial charge in [-0.25, -0.2) is 0 Å². The van der Waals surface area contributed by atoms with Crippen LogP contribution in [0.3, 0.4) is 0 Å². The number of benzene rings is 1. The Morgan fingerprint density at radius 3 is 2.63 bits per heavy atom. The number of hydrogen-bond donors (Lipinski definition) is 1. The maximum absolute atomic E-state index is 6.41. The summed E-state index contributed by atoms with van der Waals surface area (Å²) < 4.78 is 0. The van der Waals surface area contributed by atoms with Crippen molar-refractivity contribution in [3.63, 3.8) is 0 Å². The monoisotopic (exact) mass is 257 g/mol. The summed E-state index contributed by atoms with van der Waals surface area (Å²) in [6, 6.07) is 7.15. The van der Waals surface area contributed by atoms with Crippen LogP contribution >= 0.6 is 0 Å². The van der Waals surface area contributed by atoms with Crippen LogP contribution in [0.5, 0.6) is 0 Å². The molecule has 104 valence electrons. The summed E-state index contributed by atoms with van der Waals surface area (Å²) in [5.41, 5.74) is 10.6. The maximum atomic E-state index is 6.41. The van der Waals surface area contributed by atoms with Crippen LogP contribution in [0.2, 0.25) is 0 Å². The molecule has 0 aromatic heterocycles. The lowest BCUT2D eigenvalue weighted by molar-refractivity contribution is 0.294. The molecule has 0 amide bonds. The van der Waals surface area contributed by atoms with Gasteiger partial charge < -0.3 is 5.73 Å². The van der Waals surface area contributed by atoms with Crippen LogP contribution in [-0.4, -0.2) is 6.04 Å². The Kier molecular flexibility index (Phi) is 3.66. The second kappa shape index (κ2) is 5.28. The predicted molar refractivity (Wildman–Crippen MR) is 81.2 cm³/mol. The summed E-state index contributed by atoms with van der Waals surface area (Å²) in [6.45, 7) is 4.37. The second-order valence-electron chi connectivity index (χ2n) is 7.05. The molecule has 1 aromatic rings. The average Bonchev–Trinajstić information content (AvgIpc) is 2.96. The summed E-state index contributed by atoms with van der Waals surface area (Å²) in [5, 5.41) is 0. The average molecular weight is 257 g/mol. The third-order valence-corrected chi connectivity index (χ3v) is 5.56. The molecule has 0 radical (unpaired) electrons. The first kappa shape index (κ1) is 13.2. The van der Waals surface area contributed by atoms with Crippen molar-refractivity contribution < 1.29 is 0 Å². The quantitative estimate of drug-likeness (QED) is 0.867. The molecule has 1 heteroatoms. The molecular formula is C18H27N. The normalized spacial score (nSPS) is 30.8. The Balaban J connectivity index is 1.56. The molecule has 0 saturated heterocycles. The van der Waals surface area contributed by atoms with Gasteiger partial charge in [-0.1, -0.05) is 24.6 Å². The SMILES string of the molecule is Cc1ccc(CC(N)CC2CC3CCC2C3)cc1C. The number of fused-ring (bicyclic) bond motifs is 2. The van der Waals surface area contributed by atoms with E-state index in [0.29, 0.717) is 6.04 Å². The van der Waals surface area contributed by atoms with E-state index in [-0.39, 0.29) is 0 Å². The van der Waals surface area contributed by atoms with Crippen LogP contribution in [0.4, 0.5) is 0 Å². The Morgan fingerprint density at radius 2 is 2.00 bits per heavy atom. The van der Waals surface area contributed by atoms with Crippen LogP contribution in [0, 0.1) is 31.6 Å². The number of nitrogens with two attached hydrogens (primary N) is 1. The molecule has 1 aromatic carbocycles. The molecule has 2 fully saturated rings. The van der Waals surface area contributed by atoms with Gasteiger partial charge in [-0.15, -0.1) is 0 Å². The molecule has 2 N–H and O–H groups in total. The van der Waals surface area contributed by atoms with E-state index in [4.69, 9.17) is 5.73 Å². The van der Waals surface area contributed by atoms with E-state index in [2.05, 4.69) is 32.0 Å². The van der Waals surface area contributed by atoms with E-state index in [1.807, 2.05) is 0 Å². The van der Waals surface area contributed by atoms with Crippen LogP contribution in [0.1, 0.15) is 48.8 Å². The first-order chi connectivity index (χ1) is 9.11. The Morgan fingerprint density at radius 1 is 1.16 bits per heavy atom. The highest BCUT2D eigenvalue weighted by Gasteiger charge is 2.39. The highest BCUT2D eigenvalue weighted by Crippen LogP contribution is 2.49. The summed E-state index contributed by atoms with van der Waals surface area (Å²) in [6.07, 6.45) is 8.23. The summed E-state index contributed by atoms with van der Waals surface area (Å²) in [7, 11) is 0. The molecule has 3 rings (SSSR count). The minimum Gasteiger partial charge on any atom is -0.327 e. The minimum absolute atomic E-state index is 0.353. The zero-order chi connectivity index (χ0) is 13.4. The largest absolute Gasteiger partial charge is 0.327 e. The molecule has 2 saturated carbocycles. The van der Waals surface area contributed by atoms with Crippen molar-refractivity contribution in [3.8, 4) is 0 Å². The molecule has 19 heavy (non-hydrogen) atoms. The first-order valence-corrected chi connectivity index (χ1v) is 7.93. The number of hydrogen-bond acceptors (Lipinski definition) is 1. The van der Waals surface area contributed by atoms with Gasteiger partial charge in [0.05, 0.1) is 0 Å². The smallest absolute Gasteiger partial charge is 0.00820 e. The van der Waals surface area contributed by atoms with Crippen LogP contribution in [0.15, 0.2) is 18.2 Å². The first-order valence-electron chi connectivity index (χ1n) is 7.93. The Bertz CT molecular complexity index is 451. The maximum Gasteiger partial charge on any atom is 0.00820 e. The van der Waals surface area contributed by atoms with E-state index in [0.717, 1.165) is 24.2 Å². The van der Waals surface area contributed by atoms with Crippen LogP contribution in [-0.2, 0) is 6.42 Å². The van der Waals surface area contributed by atoms with Crippen LogP contribution in [0.25, 0.3) is 0 Å². The summed E-state index contributed by atoms with van der Waals surface area (Å²) in [4.78, 5) is 0. The van der Waals surface area contributed by atoms with E-state index >= 15 is 0 Å². The molecule has 0 aliphatic heterocycles. The van der Waals surface area contributed by atoms with Crippen molar-refractivity contribution in [2.24, 2.45) is 23.5 Å². The summed E-state index contributed by atoms with van der Waals surface area (Å²) in [5.74, 6) is 2.99. The zero-order valence-electron chi connectivity index (χ0n) is 12.4. The van der Waals surface area contributed by atoms with Gasteiger partial charge in [0.25, 0.3) is 0 Å².